The molecular weight excluding hydrogens is 266 g/mol. The van der Waals surface area contributed by atoms with Crippen LogP contribution in [0.5, 0.6) is 0 Å². The molecule has 0 N–H and O–H groups in total. The zero-order chi connectivity index (χ0) is 15.2. The first-order valence-electron chi connectivity index (χ1n) is 7.67. The average molecular weight is 291 g/mol. The van der Waals surface area contributed by atoms with Crippen LogP contribution in [0.25, 0.3) is 0 Å². The van der Waals surface area contributed by atoms with Crippen molar-refractivity contribution in [1.29, 1.82) is 0 Å². The maximum Gasteiger partial charge on any atom is 0.242 e. The van der Waals surface area contributed by atoms with Crippen LogP contribution in [-0.2, 0) is 11.3 Å². The predicted octanol–water partition coefficient (Wildman–Crippen LogP) is 1.04. The zero-order valence-electron chi connectivity index (χ0n) is 13.0. The fraction of sp³-hybridized carbons (Fsp3) is 0.625. The highest BCUT2D eigenvalue weighted by molar-refractivity contribution is 5.75. The average Bonchev–Trinajstić information content (AvgIpc) is 2.94. The van der Waals surface area contributed by atoms with Crippen LogP contribution < -0.4 is 5.43 Å². The lowest BCUT2D eigenvalue weighted by molar-refractivity contribution is -0.131. The number of likely N-dealkylation sites (N-methyl/N-ethyl adjacent to an activating group) is 1. The Balaban J connectivity index is 1.78. The summed E-state index contributed by atoms with van der Waals surface area (Å²) >= 11 is 0. The maximum atomic E-state index is 12.2. The SMILES string of the molecule is CC(CN1CCCC1)CN(C)C(=O)Cn1ccc(=O)cc1. The third-order valence-electron chi connectivity index (χ3n) is 3.96. The lowest BCUT2D eigenvalue weighted by Gasteiger charge is -2.25. The van der Waals surface area contributed by atoms with E-state index >= 15 is 0 Å². The maximum absolute atomic E-state index is 12.2. The summed E-state index contributed by atoms with van der Waals surface area (Å²) in [6, 6.07) is 2.95. The van der Waals surface area contributed by atoms with Gasteiger partial charge in [-0.3, -0.25) is 9.59 Å². The Morgan fingerprint density at radius 3 is 2.52 bits per heavy atom. The van der Waals surface area contributed by atoms with Gasteiger partial charge in [-0.15, -0.1) is 0 Å². The van der Waals surface area contributed by atoms with Gasteiger partial charge in [0.15, 0.2) is 5.43 Å². The molecule has 0 spiro atoms. The minimum atomic E-state index is -0.0358. The van der Waals surface area contributed by atoms with E-state index in [1.165, 1.54) is 38.1 Å². The van der Waals surface area contributed by atoms with Gasteiger partial charge in [-0.05, 0) is 31.8 Å². The molecule has 21 heavy (non-hydrogen) atoms. The van der Waals surface area contributed by atoms with Crippen molar-refractivity contribution in [3.8, 4) is 0 Å². The number of likely N-dealkylation sites (tertiary alicyclic amines) is 1. The summed E-state index contributed by atoms with van der Waals surface area (Å²) in [4.78, 5) is 27.5. The molecule has 1 aromatic heterocycles. The standard InChI is InChI=1S/C16H25N3O2/c1-14(12-18-7-3-4-8-18)11-17(2)16(21)13-19-9-5-15(20)6-10-19/h5-6,9-10,14H,3-4,7-8,11-13H2,1-2H3. The largest absolute Gasteiger partial charge is 0.345 e. The lowest BCUT2D eigenvalue weighted by atomic mass is 10.1. The van der Waals surface area contributed by atoms with E-state index in [0.717, 1.165) is 13.1 Å². The van der Waals surface area contributed by atoms with E-state index in [9.17, 15) is 9.59 Å². The summed E-state index contributed by atoms with van der Waals surface area (Å²) in [5.41, 5.74) is -0.0358. The lowest BCUT2D eigenvalue weighted by Crippen LogP contribution is -2.37. The Hall–Kier alpha value is -1.62. The summed E-state index contributed by atoms with van der Waals surface area (Å²) in [5.74, 6) is 0.554. The van der Waals surface area contributed by atoms with Gasteiger partial charge in [0.1, 0.15) is 6.54 Å². The molecule has 0 radical (unpaired) electrons. The zero-order valence-corrected chi connectivity index (χ0v) is 13.0. The quantitative estimate of drug-likeness (QED) is 0.786. The van der Waals surface area contributed by atoms with Gasteiger partial charge in [-0.25, -0.2) is 0 Å². The van der Waals surface area contributed by atoms with Gasteiger partial charge in [-0.2, -0.15) is 0 Å². The van der Waals surface area contributed by atoms with Crippen LogP contribution in [0.3, 0.4) is 0 Å². The van der Waals surface area contributed by atoms with E-state index in [0.29, 0.717) is 5.92 Å². The van der Waals surface area contributed by atoms with Crippen LogP contribution in [0, 0.1) is 5.92 Å². The van der Waals surface area contributed by atoms with Crippen molar-refractivity contribution in [2.24, 2.45) is 5.92 Å². The van der Waals surface area contributed by atoms with Crippen LogP contribution in [0.2, 0.25) is 0 Å². The number of pyridine rings is 1. The van der Waals surface area contributed by atoms with Gasteiger partial charge in [0.25, 0.3) is 0 Å². The third-order valence-corrected chi connectivity index (χ3v) is 3.96. The van der Waals surface area contributed by atoms with Gasteiger partial charge < -0.3 is 14.4 Å². The molecule has 1 aromatic rings. The van der Waals surface area contributed by atoms with Crippen LogP contribution in [0.15, 0.2) is 29.3 Å². The van der Waals surface area contributed by atoms with Gasteiger partial charge in [0.05, 0.1) is 0 Å². The van der Waals surface area contributed by atoms with Crippen molar-refractivity contribution in [3.05, 3.63) is 34.7 Å². The number of carbonyl (C=O) groups excluding carboxylic acids is 1. The molecule has 2 rings (SSSR count). The van der Waals surface area contributed by atoms with Crippen molar-refractivity contribution >= 4 is 5.91 Å². The number of rotatable bonds is 6. The van der Waals surface area contributed by atoms with Crippen molar-refractivity contribution in [2.75, 3.05) is 33.2 Å². The molecule has 1 aliphatic heterocycles. The monoisotopic (exact) mass is 291 g/mol. The van der Waals surface area contributed by atoms with Crippen LogP contribution in [0.1, 0.15) is 19.8 Å². The second-order valence-corrected chi connectivity index (χ2v) is 6.09. The summed E-state index contributed by atoms with van der Waals surface area (Å²) in [6.07, 6.45) is 5.91. The highest BCUT2D eigenvalue weighted by Crippen LogP contribution is 2.11. The first-order valence-corrected chi connectivity index (χ1v) is 7.67. The number of nitrogens with zero attached hydrogens (tertiary/aromatic N) is 3. The van der Waals surface area contributed by atoms with Gasteiger partial charge in [-0.1, -0.05) is 6.92 Å². The first-order chi connectivity index (χ1) is 10.0. The number of aromatic nitrogens is 1. The molecular formula is C16H25N3O2. The Bertz CT molecular complexity index is 500. The third kappa shape index (κ3) is 5.01. The molecule has 0 saturated carbocycles. The number of hydrogen-bond acceptors (Lipinski definition) is 3. The van der Waals surface area contributed by atoms with Crippen molar-refractivity contribution in [3.63, 3.8) is 0 Å². The Kier molecular flexibility index (Phi) is 5.56. The Morgan fingerprint density at radius 1 is 1.29 bits per heavy atom. The van der Waals surface area contributed by atoms with E-state index in [4.69, 9.17) is 0 Å². The second kappa shape index (κ2) is 7.41. The van der Waals surface area contributed by atoms with Crippen LogP contribution >= 0.6 is 0 Å². The minimum Gasteiger partial charge on any atom is -0.345 e. The van der Waals surface area contributed by atoms with Gasteiger partial charge in [0.2, 0.25) is 5.91 Å². The molecule has 1 amide bonds. The highest BCUT2D eigenvalue weighted by Gasteiger charge is 2.17. The normalized spacial score (nSPS) is 16.9. The molecule has 0 aliphatic carbocycles. The molecule has 1 unspecified atom stereocenters. The predicted molar refractivity (Wildman–Crippen MR) is 83.2 cm³/mol. The van der Waals surface area contributed by atoms with Crippen molar-refractivity contribution in [2.45, 2.75) is 26.3 Å². The van der Waals surface area contributed by atoms with Crippen molar-refractivity contribution < 1.29 is 4.79 Å². The smallest absolute Gasteiger partial charge is 0.242 e. The second-order valence-electron chi connectivity index (χ2n) is 6.09. The molecule has 1 saturated heterocycles. The van der Waals surface area contributed by atoms with Crippen LogP contribution in [0.4, 0.5) is 0 Å². The molecule has 1 atom stereocenters. The molecule has 5 nitrogen and oxygen atoms in total. The van der Waals surface area contributed by atoms with Crippen molar-refractivity contribution in [1.82, 2.24) is 14.4 Å². The Labute approximate surface area is 126 Å². The summed E-state index contributed by atoms with van der Waals surface area (Å²) in [7, 11) is 1.85. The number of hydrogen-bond donors (Lipinski definition) is 0. The van der Waals surface area contributed by atoms with E-state index in [1.807, 2.05) is 7.05 Å². The fourth-order valence-electron chi connectivity index (χ4n) is 2.86. The van der Waals surface area contributed by atoms with E-state index in [2.05, 4.69) is 11.8 Å². The molecule has 2 heterocycles. The van der Waals surface area contributed by atoms with Gasteiger partial charge >= 0.3 is 0 Å². The molecule has 0 bridgehead atoms. The summed E-state index contributed by atoms with van der Waals surface area (Å²) < 4.78 is 1.74. The minimum absolute atomic E-state index is 0.0358. The summed E-state index contributed by atoms with van der Waals surface area (Å²) in [6.45, 7) is 6.71. The topological polar surface area (TPSA) is 45.5 Å². The van der Waals surface area contributed by atoms with E-state index in [1.54, 1.807) is 21.9 Å². The molecule has 1 fully saturated rings. The Morgan fingerprint density at radius 2 is 1.90 bits per heavy atom. The molecule has 116 valence electrons. The molecule has 0 aromatic carbocycles. The fourth-order valence-corrected chi connectivity index (χ4v) is 2.86. The van der Waals surface area contributed by atoms with E-state index in [-0.39, 0.29) is 17.9 Å². The number of carbonyl (C=O) groups is 1. The summed E-state index contributed by atoms with van der Waals surface area (Å²) in [5, 5.41) is 0. The van der Waals surface area contributed by atoms with Crippen LogP contribution in [-0.4, -0.2) is 53.5 Å². The first kappa shape index (κ1) is 15.8. The van der Waals surface area contributed by atoms with Gasteiger partial charge in [0, 0.05) is 44.7 Å². The van der Waals surface area contributed by atoms with E-state index < -0.39 is 0 Å². The highest BCUT2D eigenvalue weighted by atomic mass is 16.2. The molecule has 5 heteroatoms. The number of amides is 1. The molecule has 1 aliphatic rings.